The van der Waals surface area contributed by atoms with E-state index in [0.717, 1.165) is 5.56 Å². The second-order valence-corrected chi connectivity index (χ2v) is 7.53. The van der Waals surface area contributed by atoms with Crippen LogP contribution in [0.2, 0.25) is 0 Å². The molecular formula is C24H26N2O5. The topological polar surface area (TPSA) is 97.6 Å². The van der Waals surface area contributed by atoms with Crippen LogP contribution in [0.3, 0.4) is 0 Å². The normalized spacial score (nSPS) is 20.3. The van der Waals surface area contributed by atoms with Crippen molar-refractivity contribution >= 4 is 11.9 Å². The second-order valence-electron chi connectivity index (χ2n) is 7.53. The summed E-state index contributed by atoms with van der Waals surface area (Å²) in [7, 11) is 3.16. The van der Waals surface area contributed by atoms with Crippen molar-refractivity contribution in [1.82, 2.24) is 5.32 Å². The Morgan fingerprint density at radius 3 is 2.35 bits per heavy atom. The minimum absolute atomic E-state index is 0.0692. The number of hydrogen-bond acceptors (Lipinski definition) is 6. The number of amides is 1. The first-order chi connectivity index (χ1) is 14.9. The number of esters is 1. The Kier molecular flexibility index (Phi) is 7.14. The Bertz CT molecular complexity index is 980. The SMILES string of the molecule is COc1ccc(C2CC(OC(C)=O)CCC2NC(=O)c2ccc(C#N)cc2)cc1OC. The maximum atomic E-state index is 12.8. The molecule has 3 unspecified atom stereocenters. The van der Waals surface area contributed by atoms with Gasteiger partial charge in [-0.25, -0.2) is 0 Å². The third-order valence-electron chi connectivity index (χ3n) is 5.56. The minimum atomic E-state index is -0.309. The highest BCUT2D eigenvalue weighted by Crippen LogP contribution is 2.38. The van der Waals surface area contributed by atoms with Gasteiger partial charge >= 0.3 is 5.97 Å². The molecule has 1 saturated carbocycles. The fourth-order valence-electron chi connectivity index (χ4n) is 4.05. The van der Waals surface area contributed by atoms with Gasteiger partial charge < -0.3 is 19.5 Å². The number of methoxy groups -OCH3 is 2. The molecule has 162 valence electrons. The third kappa shape index (κ3) is 5.34. The molecule has 1 amide bonds. The highest BCUT2D eigenvalue weighted by molar-refractivity contribution is 5.94. The first-order valence-corrected chi connectivity index (χ1v) is 10.1. The fourth-order valence-corrected chi connectivity index (χ4v) is 4.05. The number of rotatable bonds is 6. The van der Waals surface area contributed by atoms with Crippen molar-refractivity contribution < 1.29 is 23.8 Å². The van der Waals surface area contributed by atoms with Gasteiger partial charge in [-0.1, -0.05) is 6.07 Å². The van der Waals surface area contributed by atoms with E-state index < -0.39 is 0 Å². The monoisotopic (exact) mass is 422 g/mol. The van der Waals surface area contributed by atoms with E-state index >= 15 is 0 Å². The highest BCUT2D eigenvalue weighted by Gasteiger charge is 2.34. The largest absolute Gasteiger partial charge is 0.493 e. The van der Waals surface area contributed by atoms with Crippen LogP contribution in [0.4, 0.5) is 0 Å². The molecule has 0 aliphatic heterocycles. The van der Waals surface area contributed by atoms with Gasteiger partial charge in [-0.15, -0.1) is 0 Å². The van der Waals surface area contributed by atoms with E-state index in [0.29, 0.717) is 41.9 Å². The lowest BCUT2D eigenvalue weighted by molar-refractivity contribution is -0.148. The lowest BCUT2D eigenvalue weighted by atomic mass is 9.78. The molecule has 0 radical (unpaired) electrons. The molecule has 1 aliphatic rings. The Morgan fingerprint density at radius 2 is 1.74 bits per heavy atom. The molecular weight excluding hydrogens is 396 g/mol. The van der Waals surface area contributed by atoms with Gasteiger partial charge in [0.15, 0.2) is 11.5 Å². The molecule has 7 nitrogen and oxygen atoms in total. The molecule has 0 aromatic heterocycles. The van der Waals surface area contributed by atoms with Crippen molar-refractivity contribution in [3.8, 4) is 17.6 Å². The fraction of sp³-hybridized carbons (Fsp3) is 0.375. The van der Waals surface area contributed by atoms with E-state index in [9.17, 15) is 9.59 Å². The molecule has 0 spiro atoms. The first-order valence-electron chi connectivity index (χ1n) is 10.1. The lowest BCUT2D eigenvalue weighted by Crippen LogP contribution is -2.44. The number of benzene rings is 2. The third-order valence-corrected chi connectivity index (χ3v) is 5.56. The quantitative estimate of drug-likeness (QED) is 0.715. The molecule has 2 aromatic rings. The molecule has 0 bridgehead atoms. The van der Waals surface area contributed by atoms with Crippen LogP contribution in [0.15, 0.2) is 42.5 Å². The van der Waals surface area contributed by atoms with E-state index in [2.05, 4.69) is 5.32 Å². The summed E-state index contributed by atoms with van der Waals surface area (Å²) >= 11 is 0. The van der Waals surface area contributed by atoms with Crippen LogP contribution in [-0.4, -0.2) is 38.2 Å². The molecule has 3 atom stereocenters. The number of carbonyl (C=O) groups is 2. The molecule has 1 aliphatic carbocycles. The van der Waals surface area contributed by atoms with E-state index in [1.807, 2.05) is 24.3 Å². The van der Waals surface area contributed by atoms with Crippen LogP contribution >= 0.6 is 0 Å². The number of nitrogens with one attached hydrogen (secondary N) is 1. The zero-order chi connectivity index (χ0) is 22.4. The number of carbonyl (C=O) groups excluding carboxylic acids is 2. The van der Waals surface area contributed by atoms with Gasteiger partial charge in [0.25, 0.3) is 5.91 Å². The average molecular weight is 422 g/mol. The van der Waals surface area contributed by atoms with Crippen LogP contribution in [0, 0.1) is 11.3 Å². The first kappa shape index (κ1) is 22.2. The molecule has 2 aromatic carbocycles. The Balaban J connectivity index is 1.85. The van der Waals surface area contributed by atoms with Crippen LogP contribution in [0.5, 0.6) is 11.5 Å². The molecule has 7 heteroatoms. The van der Waals surface area contributed by atoms with Crippen molar-refractivity contribution in [2.75, 3.05) is 14.2 Å². The van der Waals surface area contributed by atoms with Crippen molar-refractivity contribution in [2.45, 2.75) is 44.2 Å². The molecule has 1 N–H and O–H groups in total. The maximum absolute atomic E-state index is 12.8. The summed E-state index contributed by atoms with van der Waals surface area (Å²) in [6.07, 6.45) is 1.72. The summed E-state index contributed by atoms with van der Waals surface area (Å²) in [4.78, 5) is 24.3. The average Bonchev–Trinajstić information content (AvgIpc) is 2.79. The Morgan fingerprint density at radius 1 is 1.03 bits per heavy atom. The van der Waals surface area contributed by atoms with Gasteiger partial charge in [0.2, 0.25) is 0 Å². The number of ether oxygens (including phenoxy) is 3. The summed E-state index contributed by atoms with van der Waals surface area (Å²) in [5, 5.41) is 12.1. The molecule has 0 saturated heterocycles. The molecule has 31 heavy (non-hydrogen) atoms. The Hall–Kier alpha value is -3.53. The smallest absolute Gasteiger partial charge is 0.302 e. The summed E-state index contributed by atoms with van der Waals surface area (Å²) < 4.78 is 16.2. The second kappa shape index (κ2) is 9.98. The van der Waals surface area contributed by atoms with E-state index in [1.54, 1.807) is 38.5 Å². The summed E-state index contributed by atoms with van der Waals surface area (Å²) in [5.41, 5.74) is 1.97. The Labute approximate surface area is 181 Å². The summed E-state index contributed by atoms with van der Waals surface area (Å²) in [6.45, 7) is 1.41. The number of hydrogen-bond donors (Lipinski definition) is 1. The molecule has 1 fully saturated rings. The highest BCUT2D eigenvalue weighted by atomic mass is 16.5. The van der Waals surface area contributed by atoms with E-state index in [-0.39, 0.29) is 29.9 Å². The van der Waals surface area contributed by atoms with Gasteiger partial charge in [0, 0.05) is 24.4 Å². The zero-order valence-corrected chi connectivity index (χ0v) is 17.9. The van der Waals surface area contributed by atoms with Gasteiger partial charge in [0.1, 0.15) is 6.10 Å². The number of nitrogens with zero attached hydrogens (tertiary/aromatic N) is 1. The lowest BCUT2D eigenvalue weighted by Gasteiger charge is -2.36. The van der Waals surface area contributed by atoms with Crippen molar-refractivity contribution in [3.63, 3.8) is 0 Å². The predicted octanol–water partition coefficient (Wildman–Crippen LogP) is 3.57. The summed E-state index contributed by atoms with van der Waals surface area (Å²) in [6, 6.07) is 14.1. The number of nitriles is 1. The van der Waals surface area contributed by atoms with Crippen LogP contribution < -0.4 is 14.8 Å². The van der Waals surface area contributed by atoms with E-state index in [1.165, 1.54) is 6.92 Å². The van der Waals surface area contributed by atoms with Crippen LogP contribution in [0.1, 0.15) is 53.6 Å². The van der Waals surface area contributed by atoms with Gasteiger partial charge in [-0.05, 0) is 61.2 Å². The van der Waals surface area contributed by atoms with Crippen molar-refractivity contribution in [1.29, 1.82) is 5.26 Å². The minimum Gasteiger partial charge on any atom is -0.493 e. The van der Waals surface area contributed by atoms with Crippen LogP contribution in [0.25, 0.3) is 0 Å². The van der Waals surface area contributed by atoms with Crippen molar-refractivity contribution in [3.05, 3.63) is 59.2 Å². The van der Waals surface area contributed by atoms with Gasteiger partial charge in [-0.2, -0.15) is 5.26 Å². The van der Waals surface area contributed by atoms with Crippen molar-refractivity contribution in [2.24, 2.45) is 0 Å². The zero-order valence-electron chi connectivity index (χ0n) is 17.9. The molecule has 0 heterocycles. The van der Waals surface area contributed by atoms with Gasteiger partial charge in [0.05, 0.1) is 25.9 Å². The van der Waals surface area contributed by atoms with Crippen LogP contribution in [-0.2, 0) is 9.53 Å². The standard InChI is InChI=1S/C24H26N2O5/c1-15(27)31-19-9-10-21(26-24(28)17-6-4-16(14-25)5-7-17)20(13-19)18-8-11-22(29-2)23(12-18)30-3/h4-8,11-12,19-21H,9-10,13H2,1-3H3,(H,26,28). The predicted molar refractivity (Wildman–Crippen MR) is 114 cm³/mol. The molecule has 3 rings (SSSR count). The van der Waals surface area contributed by atoms with E-state index in [4.69, 9.17) is 19.5 Å². The maximum Gasteiger partial charge on any atom is 0.302 e. The summed E-state index contributed by atoms with van der Waals surface area (Å²) in [5.74, 6) is 0.644. The van der Waals surface area contributed by atoms with Gasteiger partial charge in [-0.3, -0.25) is 9.59 Å².